The van der Waals surface area contributed by atoms with Gasteiger partial charge in [-0.05, 0) is 58.4 Å². The minimum atomic E-state index is -1.29. The molecule has 0 aliphatic heterocycles. The Morgan fingerprint density at radius 2 is 1.56 bits per heavy atom. The monoisotopic (exact) mass is 747 g/mol. The van der Waals surface area contributed by atoms with E-state index in [1.165, 1.54) is 56.6 Å². The first-order valence-electron chi connectivity index (χ1n) is 14.2. The fourth-order valence-corrected chi connectivity index (χ4v) is 8.08. The minimum Gasteiger partial charge on any atom is -0.305 e. The molecular formula is C36H34IrN2SSi-2. The molecule has 0 bridgehead atoms. The van der Waals surface area contributed by atoms with Gasteiger partial charge in [0.2, 0.25) is 0 Å². The number of benzene rings is 3. The Morgan fingerprint density at radius 1 is 0.756 bits per heavy atom. The fourth-order valence-electron chi connectivity index (χ4n) is 5.57. The van der Waals surface area contributed by atoms with E-state index < -0.39 is 8.07 Å². The van der Waals surface area contributed by atoms with E-state index in [2.05, 4.69) is 90.3 Å². The van der Waals surface area contributed by atoms with Crippen LogP contribution in [0.5, 0.6) is 0 Å². The summed E-state index contributed by atoms with van der Waals surface area (Å²) in [5.74, 6) is 0.750. The van der Waals surface area contributed by atoms with Crippen molar-refractivity contribution in [1.82, 2.24) is 9.97 Å². The summed E-state index contributed by atoms with van der Waals surface area (Å²) >= 11 is 1.86. The van der Waals surface area contributed by atoms with Gasteiger partial charge >= 0.3 is 0 Å². The van der Waals surface area contributed by atoms with Crippen LogP contribution in [0.1, 0.15) is 37.2 Å². The van der Waals surface area contributed by atoms with Crippen molar-refractivity contribution in [3.05, 3.63) is 115 Å². The van der Waals surface area contributed by atoms with Gasteiger partial charge in [0.05, 0.1) is 8.07 Å². The van der Waals surface area contributed by atoms with Gasteiger partial charge in [-0.2, -0.15) is 11.3 Å². The second-order valence-electron chi connectivity index (χ2n) is 11.6. The number of rotatable bonds is 4. The molecule has 3 aromatic carbocycles. The predicted octanol–water partition coefficient (Wildman–Crippen LogP) is 9.67. The van der Waals surface area contributed by atoms with Crippen molar-refractivity contribution < 1.29 is 20.1 Å². The number of nitrogens with zero attached hydrogens (tertiary/aromatic N) is 2. The predicted molar refractivity (Wildman–Crippen MR) is 174 cm³/mol. The van der Waals surface area contributed by atoms with Gasteiger partial charge in [0.25, 0.3) is 0 Å². The molecule has 6 aromatic rings. The molecular weight excluding hydrogens is 713 g/mol. The van der Waals surface area contributed by atoms with Gasteiger partial charge in [0, 0.05) is 37.2 Å². The van der Waals surface area contributed by atoms with Crippen LogP contribution in [-0.4, -0.2) is 18.0 Å². The second-order valence-corrected chi connectivity index (χ2v) is 17.7. The molecule has 0 saturated heterocycles. The standard InChI is InChI=1S/C20H18NSSi.C16H16N.Ir/c1-23(2,3)14-10-11-15-16-7-6-8-17(18-9-4-5-12-21-18)20(16)22-19(15)13-14;1-2-8-14(9-3-1)16-12-15(10-11-17-16)13-6-4-5-7-13;/h4-7,9-13H,1-3H3;1-3,8,10-13H,4-7H2;/q2*-1;. The van der Waals surface area contributed by atoms with Crippen LogP contribution < -0.4 is 5.19 Å². The maximum atomic E-state index is 4.51. The third-order valence-electron chi connectivity index (χ3n) is 7.82. The summed E-state index contributed by atoms with van der Waals surface area (Å²) in [5, 5.41) is 4.17. The second kappa shape index (κ2) is 12.9. The Hall–Kier alpha value is -2.95. The zero-order valence-electron chi connectivity index (χ0n) is 23.8. The molecule has 41 heavy (non-hydrogen) atoms. The van der Waals surface area contributed by atoms with Crippen molar-refractivity contribution >= 4 is 44.8 Å². The van der Waals surface area contributed by atoms with E-state index in [0.717, 1.165) is 28.4 Å². The molecule has 0 unspecified atom stereocenters. The molecule has 2 nitrogen and oxygen atoms in total. The molecule has 0 amide bonds. The van der Waals surface area contributed by atoms with Gasteiger partial charge in [-0.15, -0.1) is 59.7 Å². The van der Waals surface area contributed by atoms with Crippen molar-refractivity contribution in [3.8, 4) is 22.5 Å². The Morgan fingerprint density at radius 3 is 2.29 bits per heavy atom. The number of aromatic nitrogens is 2. The van der Waals surface area contributed by atoms with Crippen LogP contribution in [0, 0.1) is 12.1 Å². The first-order chi connectivity index (χ1) is 19.5. The van der Waals surface area contributed by atoms with E-state index in [1.54, 1.807) is 0 Å². The number of thiophene rings is 1. The number of fused-ring (bicyclic) bond motifs is 3. The molecule has 0 N–H and O–H groups in total. The molecule has 209 valence electrons. The summed E-state index contributed by atoms with van der Waals surface area (Å²) < 4.78 is 2.66. The molecule has 3 aromatic heterocycles. The quantitative estimate of drug-likeness (QED) is 0.133. The summed E-state index contributed by atoms with van der Waals surface area (Å²) in [7, 11) is -1.29. The molecule has 1 aliphatic carbocycles. The van der Waals surface area contributed by atoms with E-state index in [-0.39, 0.29) is 20.1 Å². The van der Waals surface area contributed by atoms with Gasteiger partial charge in [-0.1, -0.05) is 79.0 Å². The van der Waals surface area contributed by atoms with Crippen molar-refractivity contribution in [2.75, 3.05) is 0 Å². The Labute approximate surface area is 262 Å². The van der Waals surface area contributed by atoms with Crippen LogP contribution in [0.25, 0.3) is 42.7 Å². The molecule has 1 radical (unpaired) electrons. The van der Waals surface area contributed by atoms with Gasteiger partial charge in [-0.25, -0.2) is 0 Å². The molecule has 0 spiro atoms. The zero-order valence-corrected chi connectivity index (χ0v) is 28.0. The third kappa shape index (κ3) is 6.60. The molecule has 1 aliphatic rings. The molecule has 1 fully saturated rings. The van der Waals surface area contributed by atoms with E-state index in [0.29, 0.717) is 0 Å². The fraction of sp³-hybridized carbons (Fsp3) is 0.222. The van der Waals surface area contributed by atoms with Gasteiger partial charge < -0.3 is 9.97 Å². The summed E-state index contributed by atoms with van der Waals surface area (Å²) in [6.07, 6.45) is 9.20. The Balaban J connectivity index is 0.000000168. The topological polar surface area (TPSA) is 25.8 Å². The Kier molecular flexibility index (Phi) is 9.30. The average molecular weight is 747 g/mol. The van der Waals surface area contributed by atoms with Crippen molar-refractivity contribution in [3.63, 3.8) is 0 Å². The number of pyridine rings is 2. The number of hydrogen-bond acceptors (Lipinski definition) is 3. The van der Waals surface area contributed by atoms with Crippen LogP contribution >= 0.6 is 11.3 Å². The molecule has 1 saturated carbocycles. The summed E-state index contributed by atoms with van der Waals surface area (Å²) in [6, 6.07) is 36.3. The summed E-state index contributed by atoms with van der Waals surface area (Å²) in [4.78, 5) is 8.96. The van der Waals surface area contributed by atoms with Crippen LogP contribution in [0.4, 0.5) is 0 Å². The van der Waals surface area contributed by atoms with E-state index in [1.807, 2.05) is 60.1 Å². The third-order valence-corrected chi connectivity index (χ3v) is 11.0. The van der Waals surface area contributed by atoms with Crippen LogP contribution in [0.3, 0.4) is 0 Å². The minimum absolute atomic E-state index is 0. The van der Waals surface area contributed by atoms with Crippen molar-refractivity contribution in [1.29, 1.82) is 0 Å². The average Bonchev–Trinajstić information content (AvgIpc) is 3.66. The zero-order chi connectivity index (χ0) is 27.5. The maximum Gasteiger partial charge on any atom is 0.0776 e. The van der Waals surface area contributed by atoms with Gasteiger partial charge in [0.1, 0.15) is 0 Å². The molecule has 5 heteroatoms. The van der Waals surface area contributed by atoms with Crippen LogP contribution in [-0.2, 0) is 20.1 Å². The van der Waals surface area contributed by atoms with E-state index in [9.17, 15) is 0 Å². The number of hydrogen-bond donors (Lipinski definition) is 0. The van der Waals surface area contributed by atoms with E-state index >= 15 is 0 Å². The molecule has 3 heterocycles. The smallest absolute Gasteiger partial charge is 0.0776 e. The largest absolute Gasteiger partial charge is 0.305 e. The maximum absolute atomic E-state index is 4.51. The SMILES string of the molecule is C[Si](C)(C)c1ccc2c(c1)sc1c(-c3ccccn3)[c-]ccc12.[Ir].[c-]1ccccc1-c1cc(C2CCCC2)ccn1. The summed E-state index contributed by atoms with van der Waals surface area (Å²) in [6.45, 7) is 7.19. The van der Waals surface area contributed by atoms with E-state index in [4.69, 9.17) is 0 Å². The first-order valence-corrected chi connectivity index (χ1v) is 18.5. The van der Waals surface area contributed by atoms with Crippen molar-refractivity contribution in [2.45, 2.75) is 51.2 Å². The van der Waals surface area contributed by atoms with Gasteiger partial charge in [-0.3, -0.25) is 0 Å². The Bertz CT molecular complexity index is 1740. The molecule has 0 atom stereocenters. The molecule has 7 rings (SSSR count). The van der Waals surface area contributed by atoms with Crippen LogP contribution in [0.2, 0.25) is 19.6 Å². The van der Waals surface area contributed by atoms with Gasteiger partial charge in [0.15, 0.2) is 0 Å². The van der Waals surface area contributed by atoms with Crippen molar-refractivity contribution in [2.24, 2.45) is 0 Å². The van der Waals surface area contributed by atoms with Crippen LogP contribution in [0.15, 0.2) is 97.3 Å². The first kappa shape index (κ1) is 29.5. The normalized spacial score (nSPS) is 13.5. The summed E-state index contributed by atoms with van der Waals surface area (Å²) in [5.41, 5.74) is 5.70.